The van der Waals surface area contributed by atoms with Crippen molar-refractivity contribution in [3.8, 4) is 5.75 Å². The summed E-state index contributed by atoms with van der Waals surface area (Å²) in [6.07, 6.45) is 6.21. The number of hydrogen-bond donors (Lipinski definition) is 2. The highest BCUT2D eigenvalue weighted by Crippen LogP contribution is 2.39. The summed E-state index contributed by atoms with van der Waals surface area (Å²) in [6, 6.07) is 7.19. The van der Waals surface area contributed by atoms with Crippen LogP contribution in [0.4, 0.5) is 5.00 Å². The summed E-state index contributed by atoms with van der Waals surface area (Å²) in [7, 11) is 1.62. The van der Waals surface area contributed by atoms with Gasteiger partial charge in [0.2, 0.25) is 0 Å². The predicted octanol–water partition coefficient (Wildman–Crippen LogP) is 4.42. The van der Waals surface area contributed by atoms with Crippen molar-refractivity contribution in [2.75, 3.05) is 19.0 Å². The fourth-order valence-corrected chi connectivity index (χ4v) is 4.58. The number of carbonyl (C=O) groups is 2. The lowest BCUT2D eigenvalue weighted by Gasteiger charge is -2.09. The molecule has 5 nitrogen and oxygen atoms in total. The molecule has 0 spiro atoms. The Hall–Kier alpha value is -2.34. The molecule has 0 radical (unpaired) electrons. The molecule has 0 saturated carbocycles. The summed E-state index contributed by atoms with van der Waals surface area (Å²) in [5.41, 5.74) is 2.23. The van der Waals surface area contributed by atoms with E-state index in [4.69, 9.17) is 4.74 Å². The highest BCUT2D eigenvalue weighted by Gasteiger charge is 2.27. The first-order valence-corrected chi connectivity index (χ1v) is 10.4. The van der Waals surface area contributed by atoms with Crippen LogP contribution >= 0.6 is 11.3 Å². The molecule has 2 N–H and O–H groups in total. The number of rotatable bonds is 8. The van der Waals surface area contributed by atoms with Gasteiger partial charge in [0.1, 0.15) is 10.8 Å². The topological polar surface area (TPSA) is 67.4 Å². The van der Waals surface area contributed by atoms with Gasteiger partial charge in [-0.15, -0.1) is 11.3 Å². The van der Waals surface area contributed by atoms with Gasteiger partial charge in [-0.25, -0.2) is 0 Å². The van der Waals surface area contributed by atoms with E-state index in [1.165, 1.54) is 16.2 Å². The maximum atomic E-state index is 12.7. The molecule has 0 saturated heterocycles. The predicted molar refractivity (Wildman–Crippen MR) is 109 cm³/mol. The smallest absolute Gasteiger partial charge is 0.256 e. The molecular weight excluding hydrogens is 360 g/mol. The molecule has 1 aliphatic rings. The van der Waals surface area contributed by atoms with Gasteiger partial charge >= 0.3 is 0 Å². The number of anilines is 1. The normalized spacial score (nSPS) is 12.5. The van der Waals surface area contributed by atoms with Crippen molar-refractivity contribution in [1.29, 1.82) is 0 Å². The molecule has 3 rings (SSSR count). The monoisotopic (exact) mass is 386 g/mol. The molecule has 2 aromatic rings. The number of nitrogens with one attached hydrogen (secondary N) is 2. The zero-order chi connectivity index (χ0) is 19.2. The van der Waals surface area contributed by atoms with Crippen LogP contribution in [0.5, 0.6) is 5.75 Å². The first-order chi connectivity index (χ1) is 13.1. The molecule has 0 unspecified atom stereocenters. The fourth-order valence-electron chi connectivity index (χ4n) is 3.30. The molecule has 6 heteroatoms. The second-order valence-corrected chi connectivity index (χ2v) is 7.78. The minimum atomic E-state index is -0.223. The Bertz CT molecular complexity index is 829. The maximum absolute atomic E-state index is 12.7. The molecular formula is C21H26N2O3S. The van der Waals surface area contributed by atoms with Crippen molar-refractivity contribution < 1.29 is 14.3 Å². The lowest BCUT2D eigenvalue weighted by Crippen LogP contribution is -2.21. The zero-order valence-corrected chi connectivity index (χ0v) is 16.7. The van der Waals surface area contributed by atoms with Crippen molar-refractivity contribution in [2.24, 2.45) is 0 Å². The average Bonchev–Trinajstić information content (AvgIpc) is 3.25. The van der Waals surface area contributed by atoms with Gasteiger partial charge in [-0.05, 0) is 49.4 Å². The van der Waals surface area contributed by atoms with Crippen LogP contribution < -0.4 is 15.4 Å². The molecule has 1 aromatic heterocycles. The minimum Gasteiger partial charge on any atom is -0.494 e. The molecule has 2 amide bonds. The molecule has 1 aromatic carbocycles. The van der Waals surface area contributed by atoms with Gasteiger partial charge < -0.3 is 15.4 Å². The molecule has 0 atom stereocenters. The van der Waals surface area contributed by atoms with Crippen LogP contribution in [-0.2, 0) is 12.8 Å². The number of carbonyl (C=O) groups excluding carboxylic acids is 2. The number of hydrogen-bond acceptors (Lipinski definition) is 4. The van der Waals surface area contributed by atoms with E-state index in [0.717, 1.165) is 44.1 Å². The molecule has 1 aliphatic carbocycles. The summed E-state index contributed by atoms with van der Waals surface area (Å²) < 4.78 is 5.74. The molecule has 0 bridgehead atoms. The summed E-state index contributed by atoms with van der Waals surface area (Å²) in [6.45, 7) is 2.80. The summed E-state index contributed by atoms with van der Waals surface area (Å²) in [5, 5.41) is 6.27. The highest BCUT2D eigenvalue weighted by atomic mass is 32.1. The van der Waals surface area contributed by atoms with Gasteiger partial charge in [0.25, 0.3) is 11.8 Å². The lowest BCUT2D eigenvalue weighted by molar-refractivity contribution is 0.0963. The zero-order valence-electron chi connectivity index (χ0n) is 15.9. The third-order valence-corrected chi connectivity index (χ3v) is 5.92. The van der Waals surface area contributed by atoms with E-state index in [1.54, 1.807) is 19.2 Å². The van der Waals surface area contributed by atoms with Gasteiger partial charge in [0.05, 0.1) is 12.2 Å². The fraction of sp³-hybridized carbons (Fsp3) is 0.429. The Morgan fingerprint density at radius 3 is 2.81 bits per heavy atom. The Kier molecular flexibility index (Phi) is 6.50. The summed E-state index contributed by atoms with van der Waals surface area (Å²) in [4.78, 5) is 26.3. The second-order valence-electron chi connectivity index (χ2n) is 6.68. The van der Waals surface area contributed by atoms with Gasteiger partial charge in [-0.2, -0.15) is 0 Å². The number of fused-ring (bicyclic) bond motifs is 1. The third-order valence-electron chi connectivity index (χ3n) is 4.72. The molecule has 0 fully saturated rings. The number of aryl methyl sites for hydroxylation is 1. The van der Waals surface area contributed by atoms with Gasteiger partial charge in [0, 0.05) is 17.5 Å². The van der Waals surface area contributed by atoms with Crippen LogP contribution in [0.15, 0.2) is 24.3 Å². The minimum absolute atomic E-state index is 0.141. The first kappa shape index (κ1) is 19.4. The summed E-state index contributed by atoms with van der Waals surface area (Å²) in [5.74, 6) is 0.329. The van der Waals surface area contributed by atoms with E-state index in [1.807, 2.05) is 12.1 Å². The highest BCUT2D eigenvalue weighted by molar-refractivity contribution is 7.17. The van der Waals surface area contributed by atoms with E-state index in [-0.39, 0.29) is 11.8 Å². The molecule has 0 aliphatic heterocycles. The number of thiophene rings is 1. The van der Waals surface area contributed by atoms with Crippen LogP contribution in [-0.4, -0.2) is 25.5 Å². The molecule has 1 heterocycles. The van der Waals surface area contributed by atoms with Crippen molar-refractivity contribution in [2.45, 2.75) is 45.4 Å². The Morgan fingerprint density at radius 2 is 2.04 bits per heavy atom. The van der Waals surface area contributed by atoms with E-state index in [0.29, 0.717) is 28.5 Å². The van der Waals surface area contributed by atoms with Crippen molar-refractivity contribution in [1.82, 2.24) is 5.32 Å². The summed E-state index contributed by atoms with van der Waals surface area (Å²) >= 11 is 1.51. The number of amides is 2. The van der Waals surface area contributed by atoms with Gasteiger partial charge in [0.15, 0.2) is 0 Å². The number of ether oxygens (including phenoxy) is 1. The largest absolute Gasteiger partial charge is 0.494 e. The number of benzene rings is 1. The van der Waals surface area contributed by atoms with Crippen LogP contribution in [0.3, 0.4) is 0 Å². The van der Waals surface area contributed by atoms with Gasteiger partial charge in [-0.3, -0.25) is 9.59 Å². The quantitative estimate of drug-likeness (QED) is 0.660. The Labute approximate surface area is 164 Å². The molecule has 27 heavy (non-hydrogen) atoms. The van der Waals surface area contributed by atoms with E-state index in [2.05, 4.69) is 17.6 Å². The SMILES string of the molecule is CCCCCOc1cccc(C(=O)Nc2sc3c(c2C(=O)NC)CCC3)c1. The van der Waals surface area contributed by atoms with Crippen molar-refractivity contribution in [3.05, 3.63) is 45.8 Å². The number of unbranched alkanes of at least 4 members (excludes halogenated alkanes) is 2. The van der Waals surface area contributed by atoms with E-state index >= 15 is 0 Å². The van der Waals surface area contributed by atoms with Crippen LogP contribution in [0.2, 0.25) is 0 Å². The van der Waals surface area contributed by atoms with Crippen molar-refractivity contribution in [3.63, 3.8) is 0 Å². The average molecular weight is 387 g/mol. The van der Waals surface area contributed by atoms with E-state index in [9.17, 15) is 9.59 Å². The first-order valence-electron chi connectivity index (χ1n) is 9.54. The standard InChI is InChI=1S/C21H26N2O3S/c1-3-4-5-12-26-15-9-6-8-14(13-15)19(24)23-21-18(20(25)22-2)16-10-7-11-17(16)27-21/h6,8-9,13H,3-5,7,10-12H2,1-2H3,(H,22,25)(H,23,24). The lowest BCUT2D eigenvalue weighted by atomic mass is 10.1. The van der Waals surface area contributed by atoms with Crippen LogP contribution in [0.25, 0.3) is 0 Å². The van der Waals surface area contributed by atoms with E-state index < -0.39 is 0 Å². The third kappa shape index (κ3) is 4.50. The Balaban J connectivity index is 1.73. The van der Waals surface area contributed by atoms with Crippen LogP contribution in [0, 0.1) is 0 Å². The molecule has 144 valence electrons. The van der Waals surface area contributed by atoms with Gasteiger partial charge in [-0.1, -0.05) is 25.8 Å². The second kappa shape index (κ2) is 9.04. The Morgan fingerprint density at radius 1 is 1.19 bits per heavy atom. The van der Waals surface area contributed by atoms with Crippen LogP contribution in [0.1, 0.15) is 63.8 Å². The maximum Gasteiger partial charge on any atom is 0.256 e. The van der Waals surface area contributed by atoms with Crippen molar-refractivity contribution >= 4 is 28.2 Å².